The van der Waals surface area contributed by atoms with Gasteiger partial charge in [0.05, 0.1) is 11.9 Å². The van der Waals surface area contributed by atoms with E-state index in [1.54, 1.807) is 18.3 Å². The molecule has 1 N–H and O–H groups in total. The molecule has 1 fully saturated rings. The van der Waals surface area contributed by atoms with Crippen molar-refractivity contribution in [3.63, 3.8) is 0 Å². The second-order valence-corrected chi connectivity index (χ2v) is 7.69. The number of nitrogens with zero attached hydrogens (tertiary/aromatic N) is 2. The minimum absolute atomic E-state index is 0.0241. The molecular weight excluding hydrogens is 369 g/mol. The Kier molecular flexibility index (Phi) is 6.38. The van der Waals surface area contributed by atoms with Gasteiger partial charge in [-0.05, 0) is 55.0 Å². The fraction of sp³-hybridized carbons (Fsp3) is 0.400. The first-order valence-electron chi connectivity index (χ1n) is 8.96. The Morgan fingerprint density at radius 3 is 2.85 bits per heavy atom. The molecule has 1 aromatic heterocycles. The van der Waals surface area contributed by atoms with E-state index in [0.29, 0.717) is 21.7 Å². The summed E-state index contributed by atoms with van der Waals surface area (Å²) < 4.78 is 0. The molecule has 3 rings (SSSR count). The van der Waals surface area contributed by atoms with Crippen LogP contribution in [0.1, 0.15) is 35.8 Å². The standard InChI is InChI=1S/C20H23Cl2N3O/c1-14-3-2-10-25(13-14)20(26)19-7-6-17(12-24-19)23-9-8-15-4-5-16(21)11-18(15)22/h4-7,11-12,14,23H,2-3,8-10,13H2,1H3. The predicted octanol–water partition coefficient (Wildman–Crippen LogP) is 4.92. The molecule has 0 radical (unpaired) electrons. The molecule has 1 amide bonds. The molecule has 1 saturated heterocycles. The van der Waals surface area contributed by atoms with E-state index < -0.39 is 0 Å². The molecule has 26 heavy (non-hydrogen) atoms. The lowest BCUT2D eigenvalue weighted by Crippen LogP contribution is -2.39. The zero-order chi connectivity index (χ0) is 18.5. The first-order chi connectivity index (χ1) is 12.5. The molecule has 0 spiro atoms. The Hall–Kier alpha value is -1.78. The number of benzene rings is 1. The van der Waals surface area contributed by atoms with Gasteiger partial charge in [-0.15, -0.1) is 0 Å². The van der Waals surface area contributed by atoms with Gasteiger partial charge < -0.3 is 10.2 Å². The number of aromatic nitrogens is 1. The largest absolute Gasteiger partial charge is 0.383 e. The minimum atomic E-state index is 0.0241. The van der Waals surface area contributed by atoms with Crippen LogP contribution < -0.4 is 5.32 Å². The highest BCUT2D eigenvalue weighted by Crippen LogP contribution is 2.21. The van der Waals surface area contributed by atoms with E-state index in [1.807, 2.05) is 23.1 Å². The van der Waals surface area contributed by atoms with Gasteiger partial charge in [0.15, 0.2) is 0 Å². The Labute approximate surface area is 164 Å². The average molecular weight is 392 g/mol. The molecule has 4 nitrogen and oxygen atoms in total. The third-order valence-corrected chi connectivity index (χ3v) is 5.25. The number of rotatable bonds is 5. The van der Waals surface area contributed by atoms with E-state index in [4.69, 9.17) is 23.2 Å². The fourth-order valence-corrected chi connectivity index (χ4v) is 3.73. The van der Waals surface area contributed by atoms with Crippen LogP contribution in [-0.2, 0) is 6.42 Å². The van der Waals surface area contributed by atoms with Crippen LogP contribution in [0, 0.1) is 5.92 Å². The molecule has 0 bridgehead atoms. The second kappa shape index (κ2) is 8.74. The summed E-state index contributed by atoms with van der Waals surface area (Å²) in [6.45, 7) is 4.56. The van der Waals surface area contributed by atoms with Gasteiger partial charge in [0.25, 0.3) is 5.91 Å². The minimum Gasteiger partial charge on any atom is -0.383 e. The summed E-state index contributed by atoms with van der Waals surface area (Å²) in [4.78, 5) is 18.8. The lowest BCUT2D eigenvalue weighted by Gasteiger charge is -2.30. The highest BCUT2D eigenvalue weighted by Gasteiger charge is 2.22. The summed E-state index contributed by atoms with van der Waals surface area (Å²) in [6, 6.07) is 9.22. The van der Waals surface area contributed by atoms with E-state index in [-0.39, 0.29) is 5.91 Å². The Bertz CT molecular complexity index is 764. The van der Waals surface area contributed by atoms with Gasteiger partial charge in [-0.1, -0.05) is 36.2 Å². The highest BCUT2D eigenvalue weighted by molar-refractivity contribution is 6.35. The van der Waals surface area contributed by atoms with Crippen LogP contribution in [0.15, 0.2) is 36.5 Å². The molecule has 6 heteroatoms. The summed E-state index contributed by atoms with van der Waals surface area (Å²) in [7, 11) is 0. The lowest BCUT2D eigenvalue weighted by atomic mass is 10.00. The van der Waals surface area contributed by atoms with E-state index in [0.717, 1.165) is 43.7 Å². The SMILES string of the molecule is CC1CCCN(C(=O)c2ccc(NCCc3ccc(Cl)cc3Cl)cn2)C1. The van der Waals surface area contributed by atoms with Gasteiger partial charge in [0.1, 0.15) is 5.69 Å². The molecule has 0 saturated carbocycles. The zero-order valence-electron chi connectivity index (χ0n) is 14.8. The van der Waals surface area contributed by atoms with Gasteiger partial charge in [-0.2, -0.15) is 0 Å². The predicted molar refractivity (Wildman–Crippen MR) is 107 cm³/mol. The monoisotopic (exact) mass is 391 g/mol. The molecule has 1 aliphatic heterocycles. The van der Waals surface area contributed by atoms with Crippen molar-refractivity contribution in [1.29, 1.82) is 0 Å². The molecule has 1 unspecified atom stereocenters. The molecule has 2 heterocycles. The topological polar surface area (TPSA) is 45.2 Å². The first kappa shape index (κ1) is 19.0. The summed E-state index contributed by atoms with van der Waals surface area (Å²) in [5.74, 6) is 0.587. The number of amides is 1. The smallest absolute Gasteiger partial charge is 0.272 e. The molecular formula is C20H23Cl2N3O. The number of carbonyl (C=O) groups excluding carboxylic acids is 1. The zero-order valence-corrected chi connectivity index (χ0v) is 16.4. The van der Waals surface area contributed by atoms with Gasteiger partial charge in [-0.3, -0.25) is 4.79 Å². The van der Waals surface area contributed by atoms with Crippen molar-refractivity contribution in [3.05, 3.63) is 57.8 Å². The third-order valence-electron chi connectivity index (χ3n) is 4.67. The summed E-state index contributed by atoms with van der Waals surface area (Å²) >= 11 is 12.1. The van der Waals surface area contributed by atoms with Crippen molar-refractivity contribution < 1.29 is 4.79 Å². The van der Waals surface area contributed by atoms with Crippen molar-refractivity contribution in [2.75, 3.05) is 25.0 Å². The molecule has 0 aliphatic carbocycles. The van der Waals surface area contributed by atoms with Crippen molar-refractivity contribution in [2.24, 2.45) is 5.92 Å². The molecule has 1 atom stereocenters. The van der Waals surface area contributed by atoms with Crippen molar-refractivity contribution in [3.8, 4) is 0 Å². The number of halogens is 2. The molecule has 1 aliphatic rings. The van der Waals surface area contributed by atoms with Crippen LogP contribution >= 0.6 is 23.2 Å². The maximum absolute atomic E-state index is 12.5. The number of nitrogens with one attached hydrogen (secondary N) is 1. The summed E-state index contributed by atoms with van der Waals surface area (Å²) in [5, 5.41) is 4.62. The van der Waals surface area contributed by atoms with Gasteiger partial charge in [-0.25, -0.2) is 4.98 Å². The number of hydrogen-bond acceptors (Lipinski definition) is 3. The Morgan fingerprint density at radius 2 is 2.15 bits per heavy atom. The van der Waals surface area contributed by atoms with Crippen LogP contribution in [0.4, 0.5) is 5.69 Å². The van der Waals surface area contributed by atoms with Crippen LogP contribution in [0.5, 0.6) is 0 Å². The van der Waals surface area contributed by atoms with Gasteiger partial charge >= 0.3 is 0 Å². The number of likely N-dealkylation sites (tertiary alicyclic amines) is 1. The number of anilines is 1. The number of piperidine rings is 1. The maximum Gasteiger partial charge on any atom is 0.272 e. The van der Waals surface area contributed by atoms with E-state index in [9.17, 15) is 4.79 Å². The maximum atomic E-state index is 12.5. The van der Waals surface area contributed by atoms with Crippen molar-refractivity contribution in [2.45, 2.75) is 26.2 Å². The van der Waals surface area contributed by atoms with Crippen LogP contribution in [-0.4, -0.2) is 35.4 Å². The fourth-order valence-electron chi connectivity index (χ4n) is 3.23. The highest BCUT2D eigenvalue weighted by atomic mass is 35.5. The van der Waals surface area contributed by atoms with E-state index in [2.05, 4.69) is 17.2 Å². The number of carbonyl (C=O) groups is 1. The van der Waals surface area contributed by atoms with Gasteiger partial charge in [0, 0.05) is 29.7 Å². The number of hydrogen-bond donors (Lipinski definition) is 1. The van der Waals surface area contributed by atoms with Crippen molar-refractivity contribution >= 4 is 34.8 Å². The summed E-state index contributed by atoms with van der Waals surface area (Å²) in [5.41, 5.74) is 2.44. The van der Waals surface area contributed by atoms with E-state index >= 15 is 0 Å². The van der Waals surface area contributed by atoms with Crippen LogP contribution in [0.25, 0.3) is 0 Å². The molecule has 2 aromatic rings. The third kappa shape index (κ3) is 4.89. The molecule has 138 valence electrons. The Morgan fingerprint density at radius 1 is 1.31 bits per heavy atom. The lowest BCUT2D eigenvalue weighted by molar-refractivity contribution is 0.0677. The Balaban J connectivity index is 1.53. The normalized spacial score (nSPS) is 17.2. The average Bonchev–Trinajstić information content (AvgIpc) is 2.63. The van der Waals surface area contributed by atoms with Crippen molar-refractivity contribution in [1.82, 2.24) is 9.88 Å². The second-order valence-electron chi connectivity index (χ2n) is 6.84. The number of pyridine rings is 1. The summed E-state index contributed by atoms with van der Waals surface area (Å²) in [6.07, 6.45) is 4.75. The quantitative estimate of drug-likeness (QED) is 0.786. The van der Waals surface area contributed by atoms with E-state index in [1.165, 1.54) is 6.42 Å². The van der Waals surface area contributed by atoms with Crippen LogP contribution in [0.2, 0.25) is 10.0 Å². The first-order valence-corrected chi connectivity index (χ1v) is 9.71. The van der Waals surface area contributed by atoms with Crippen LogP contribution in [0.3, 0.4) is 0 Å². The molecule has 1 aromatic carbocycles. The van der Waals surface area contributed by atoms with Gasteiger partial charge in [0.2, 0.25) is 0 Å².